The molecule has 0 spiro atoms. The maximum atomic E-state index is 12.8. The number of carboxylic acids is 1. The quantitative estimate of drug-likeness (QED) is 0.0328. The van der Waals surface area contributed by atoms with Crippen molar-refractivity contribution in [3.8, 4) is 0 Å². The predicted octanol–water partition coefficient (Wildman–Crippen LogP) is 12.3. The average Bonchev–Trinajstić information content (AvgIpc) is 3.16. The SMILES string of the molecule is CC/C=C\C/C=C\C/C=C\CCCCCCCCCC(=O)OC(/C=C\C/C=C\C/C=C\CCCCC)CCCCCCCC(=O)NC(CCCN)C(=O)O. The lowest BCUT2D eigenvalue weighted by molar-refractivity contribution is -0.147. The van der Waals surface area contributed by atoms with Crippen LogP contribution in [0.3, 0.4) is 0 Å². The minimum absolute atomic E-state index is 0.107. The molecule has 0 aliphatic rings. The van der Waals surface area contributed by atoms with Crippen LogP contribution in [0.15, 0.2) is 72.9 Å². The van der Waals surface area contributed by atoms with Crippen molar-refractivity contribution in [1.29, 1.82) is 0 Å². The molecule has 4 N–H and O–H groups in total. The highest BCUT2D eigenvalue weighted by Gasteiger charge is 2.18. The Balaban J connectivity index is 4.42. The highest BCUT2D eigenvalue weighted by Crippen LogP contribution is 2.15. The van der Waals surface area contributed by atoms with Gasteiger partial charge in [0.05, 0.1) is 0 Å². The van der Waals surface area contributed by atoms with E-state index in [0.717, 1.165) is 96.3 Å². The highest BCUT2D eigenvalue weighted by atomic mass is 16.5. The van der Waals surface area contributed by atoms with Crippen molar-refractivity contribution < 1.29 is 24.2 Å². The van der Waals surface area contributed by atoms with E-state index in [-0.39, 0.29) is 18.0 Å². The molecule has 0 aliphatic carbocycles. The third kappa shape index (κ3) is 37.1. The van der Waals surface area contributed by atoms with Gasteiger partial charge in [-0.25, -0.2) is 4.79 Å². The van der Waals surface area contributed by atoms with Gasteiger partial charge in [-0.2, -0.15) is 0 Å². The second-order valence-electron chi connectivity index (χ2n) is 14.4. The average molecular weight is 753 g/mol. The number of hydrogen-bond acceptors (Lipinski definition) is 5. The van der Waals surface area contributed by atoms with Crippen LogP contribution in [0, 0.1) is 0 Å². The first-order valence-electron chi connectivity index (χ1n) is 21.8. The third-order valence-electron chi connectivity index (χ3n) is 9.24. The first-order valence-corrected chi connectivity index (χ1v) is 21.8. The molecule has 0 saturated carbocycles. The molecule has 0 heterocycles. The summed E-state index contributed by atoms with van der Waals surface area (Å²) < 4.78 is 5.93. The molecule has 2 atom stereocenters. The van der Waals surface area contributed by atoms with Gasteiger partial charge in [-0.1, -0.05) is 145 Å². The van der Waals surface area contributed by atoms with E-state index in [1.165, 1.54) is 51.4 Å². The molecule has 0 aromatic heterocycles. The van der Waals surface area contributed by atoms with Gasteiger partial charge >= 0.3 is 11.9 Å². The van der Waals surface area contributed by atoms with Crippen LogP contribution in [-0.2, 0) is 19.1 Å². The van der Waals surface area contributed by atoms with Crippen molar-refractivity contribution in [2.45, 2.75) is 199 Å². The normalized spacial score (nSPS) is 13.4. The number of esters is 1. The fourth-order valence-electron chi connectivity index (χ4n) is 5.98. The van der Waals surface area contributed by atoms with Crippen molar-refractivity contribution in [2.75, 3.05) is 6.54 Å². The number of amides is 1. The Labute approximate surface area is 331 Å². The van der Waals surface area contributed by atoms with Crippen LogP contribution in [-0.4, -0.2) is 41.6 Å². The summed E-state index contributed by atoms with van der Waals surface area (Å²) in [6, 6.07) is -0.870. The maximum Gasteiger partial charge on any atom is 0.326 e. The first-order chi connectivity index (χ1) is 26.4. The number of rotatable bonds is 38. The second kappa shape index (κ2) is 41.0. The standard InChI is InChI=1S/C47H80N2O5/c1-3-5-7-9-11-13-15-16-17-18-19-20-22-24-26-31-35-41-46(51)54-43(37-32-28-25-23-21-14-12-10-8-6-4-2)38-33-29-27-30-34-40-45(50)49-44(47(52)53)39-36-42-48/h5,7,11-14,16-17,23,25,32,37,43-44H,3-4,6,8-10,15,18-22,24,26-31,33-36,38-42,48H2,1-2H3,(H,49,50)(H,52,53)/b7-5-,13-11-,14-12-,17-16-,25-23-,37-32-. The Bertz CT molecular complexity index is 1070. The Hall–Kier alpha value is -3.19. The number of carbonyl (C=O) groups is 3. The molecule has 308 valence electrons. The number of hydrogen-bond donors (Lipinski definition) is 3. The maximum absolute atomic E-state index is 12.8. The smallest absolute Gasteiger partial charge is 0.326 e. The molecule has 0 aromatic rings. The van der Waals surface area contributed by atoms with Crippen LogP contribution in [0.5, 0.6) is 0 Å². The molecular formula is C47H80N2O5. The number of nitrogens with two attached hydrogens (primary N) is 1. The summed E-state index contributed by atoms with van der Waals surface area (Å²) in [4.78, 5) is 36.3. The number of nitrogens with one attached hydrogen (secondary N) is 1. The second-order valence-corrected chi connectivity index (χ2v) is 14.4. The largest absolute Gasteiger partial charge is 0.480 e. The van der Waals surface area contributed by atoms with Crippen molar-refractivity contribution in [3.63, 3.8) is 0 Å². The molecule has 0 fully saturated rings. The topological polar surface area (TPSA) is 119 Å². The van der Waals surface area contributed by atoms with E-state index < -0.39 is 12.0 Å². The van der Waals surface area contributed by atoms with E-state index in [1.54, 1.807) is 0 Å². The zero-order valence-electron chi connectivity index (χ0n) is 34.5. The van der Waals surface area contributed by atoms with E-state index >= 15 is 0 Å². The number of aliphatic carboxylic acids is 1. The number of unbranched alkanes of at least 4 members (excludes halogenated alkanes) is 14. The van der Waals surface area contributed by atoms with Gasteiger partial charge in [-0.3, -0.25) is 9.59 Å². The van der Waals surface area contributed by atoms with E-state index in [9.17, 15) is 19.5 Å². The van der Waals surface area contributed by atoms with Crippen molar-refractivity contribution in [3.05, 3.63) is 72.9 Å². The monoisotopic (exact) mass is 753 g/mol. The van der Waals surface area contributed by atoms with Crippen LogP contribution in [0.4, 0.5) is 0 Å². The van der Waals surface area contributed by atoms with Crippen molar-refractivity contribution in [1.82, 2.24) is 5.32 Å². The Morgan fingerprint density at radius 1 is 0.574 bits per heavy atom. The summed E-state index contributed by atoms with van der Waals surface area (Å²) in [6.45, 7) is 4.79. The van der Waals surface area contributed by atoms with E-state index in [1.807, 2.05) is 0 Å². The minimum atomic E-state index is -1.02. The van der Waals surface area contributed by atoms with Gasteiger partial charge in [0, 0.05) is 12.8 Å². The molecule has 2 unspecified atom stereocenters. The molecule has 54 heavy (non-hydrogen) atoms. The van der Waals surface area contributed by atoms with Gasteiger partial charge < -0.3 is 20.9 Å². The summed E-state index contributed by atoms with van der Waals surface area (Å²) >= 11 is 0. The van der Waals surface area contributed by atoms with Crippen LogP contribution in [0.2, 0.25) is 0 Å². The molecule has 0 radical (unpaired) electrons. The van der Waals surface area contributed by atoms with Crippen LogP contribution in [0.1, 0.15) is 187 Å². The summed E-state index contributed by atoms with van der Waals surface area (Å²) in [5, 5.41) is 11.9. The van der Waals surface area contributed by atoms with E-state index in [2.05, 4.69) is 92.1 Å². The van der Waals surface area contributed by atoms with Gasteiger partial charge in [-0.15, -0.1) is 0 Å². The fraction of sp³-hybridized carbons (Fsp3) is 0.681. The van der Waals surface area contributed by atoms with Crippen LogP contribution >= 0.6 is 0 Å². The summed E-state index contributed by atoms with van der Waals surface area (Å²) in [5.74, 6) is -1.34. The Morgan fingerprint density at radius 2 is 1.07 bits per heavy atom. The Morgan fingerprint density at radius 3 is 1.65 bits per heavy atom. The number of ether oxygens (including phenoxy) is 1. The molecule has 1 amide bonds. The van der Waals surface area contributed by atoms with Gasteiger partial charge in [-0.05, 0) is 109 Å². The number of allylic oxidation sites excluding steroid dienone is 11. The third-order valence-corrected chi connectivity index (χ3v) is 9.24. The molecule has 0 aliphatic heterocycles. The summed E-state index contributed by atoms with van der Waals surface area (Å²) in [5.41, 5.74) is 5.48. The number of carbonyl (C=O) groups excluding carboxylic acids is 2. The molecule has 0 saturated heterocycles. The van der Waals surface area contributed by atoms with Gasteiger partial charge in [0.1, 0.15) is 12.1 Å². The molecule has 7 heteroatoms. The minimum Gasteiger partial charge on any atom is -0.480 e. The first kappa shape index (κ1) is 50.8. The van der Waals surface area contributed by atoms with Gasteiger partial charge in [0.15, 0.2) is 0 Å². The van der Waals surface area contributed by atoms with Crippen LogP contribution < -0.4 is 11.1 Å². The van der Waals surface area contributed by atoms with Crippen molar-refractivity contribution in [2.24, 2.45) is 5.73 Å². The molecule has 0 aromatic carbocycles. The zero-order valence-corrected chi connectivity index (χ0v) is 34.5. The molecular weight excluding hydrogens is 673 g/mol. The van der Waals surface area contributed by atoms with Crippen LogP contribution in [0.25, 0.3) is 0 Å². The van der Waals surface area contributed by atoms with Gasteiger partial charge in [0.2, 0.25) is 5.91 Å². The molecule has 7 nitrogen and oxygen atoms in total. The lowest BCUT2D eigenvalue weighted by atomic mass is 10.1. The van der Waals surface area contributed by atoms with E-state index in [4.69, 9.17) is 10.5 Å². The Kier molecular flexibility index (Phi) is 38.6. The van der Waals surface area contributed by atoms with E-state index in [0.29, 0.717) is 32.2 Å². The summed E-state index contributed by atoms with van der Waals surface area (Å²) in [6.07, 6.45) is 52.4. The highest BCUT2D eigenvalue weighted by molar-refractivity contribution is 5.83. The fourth-order valence-corrected chi connectivity index (χ4v) is 5.98. The summed E-state index contributed by atoms with van der Waals surface area (Å²) in [7, 11) is 0. The van der Waals surface area contributed by atoms with Gasteiger partial charge in [0.25, 0.3) is 0 Å². The molecule has 0 bridgehead atoms. The lowest BCUT2D eigenvalue weighted by Gasteiger charge is -2.15. The number of carboxylic acid groups (broad SMARTS) is 1. The predicted molar refractivity (Wildman–Crippen MR) is 229 cm³/mol. The lowest BCUT2D eigenvalue weighted by Crippen LogP contribution is -2.40. The zero-order chi connectivity index (χ0) is 39.6. The molecule has 0 rings (SSSR count). The van der Waals surface area contributed by atoms with Crippen molar-refractivity contribution >= 4 is 17.8 Å².